The molecule has 12 heteroatoms. The summed E-state index contributed by atoms with van der Waals surface area (Å²) in [6.45, 7) is 7.76. The quantitative estimate of drug-likeness (QED) is 0.139. The van der Waals surface area contributed by atoms with Crippen LogP contribution in [-0.4, -0.2) is 58.6 Å². The summed E-state index contributed by atoms with van der Waals surface area (Å²) in [4.78, 5) is 41.3. The predicted molar refractivity (Wildman–Crippen MR) is 333 cm³/mol. The van der Waals surface area contributed by atoms with Crippen LogP contribution in [0.3, 0.4) is 0 Å². The van der Waals surface area contributed by atoms with Crippen molar-refractivity contribution < 1.29 is 0 Å². The Bertz CT molecular complexity index is 4700. The fraction of sp³-hybridized carbons (Fsp3) is 0.100. The number of hydrogen-bond donors (Lipinski definition) is 0. The second kappa shape index (κ2) is 23.0. The molecule has 0 aliphatic heterocycles. The molecule has 0 unspecified atom stereocenters. The second-order valence-corrected chi connectivity index (χ2v) is 20.1. The Balaban J connectivity index is 0.000000121. The van der Waals surface area contributed by atoms with E-state index < -0.39 is 0 Å². The molecule has 0 aliphatic carbocycles. The van der Waals surface area contributed by atoms with Gasteiger partial charge in [-0.1, -0.05) is 218 Å². The Hall–Kier alpha value is -10.6. The molecule has 9 aromatic carbocycles. The molecule has 0 aliphatic rings. The van der Waals surface area contributed by atoms with E-state index in [0.717, 1.165) is 75.1 Å². The molecule has 398 valence electrons. The third-order valence-electron chi connectivity index (χ3n) is 14.7. The van der Waals surface area contributed by atoms with Gasteiger partial charge < -0.3 is 9.13 Å². The molecule has 0 spiro atoms. The molecular weight excluding hydrogens is 1010 g/mol. The molecule has 0 N–H and O–H groups in total. The second-order valence-electron chi connectivity index (χ2n) is 20.1. The predicted octanol–water partition coefficient (Wildman–Crippen LogP) is 15.8. The summed E-state index contributed by atoms with van der Waals surface area (Å²) in [6.07, 6.45) is 11.1. The Kier molecular flexibility index (Phi) is 14.6. The van der Waals surface area contributed by atoms with Gasteiger partial charge in [0.1, 0.15) is 17.5 Å². The SMILES string of the molecule is C.Cc1ccc(-c2nc3nccnc3n2-c2cccc3ccccc23)cc1.Cc1ccc(-c2nc3nccnc3n2CCc2cccc3ccccc23)cc1.Cc1ccc(-c2nc3nccnc3n2Cc2cccc3ccccc23)cc1. The molecule has 0 radical (unpaired) electrons. The molecule has 6 heterocycles. The third-order valence-corrected chi connectivity index (χ3v) is 14.7. The zero-order chi connectivity index (χ0) is 54.7. The maximum atomic E-state index is 4.79. The summed E-state index contributed by atoms with van der Waals surface area (Å²) in [5.41, 5.74) is 14.9. The van der Waals surface area contributed by atoms with Crippen LogP contribution in [0.5, 0.6) is 0 Å². The molecule has 6 aromatic heterocycles. The monoisotopic (exact) mass is 1070 g/mol. The van der Waals surface area contributed by atoms with Crippen molar-refractivity contribution in [2.75, 3.05) is 0 Å². The average molecular weight is 1070 g/mol. The van der Waals surface area contributed by atoms with E-state index in [4.69, 9.17) is 15.0 Å². The molecule has 0 bridgehead atoms. The minimum Gasteiger partial charge on any atom is -0.307 e. The van der Waals surface area contributed by atoms with E-state index in [2.05, 4.69) is 265 Å². The molecule has 15 rings (SSSR count). The zero-order valence-electron chi connectivity index (χ0n) is 45.0. The van der Waals surface area contributed by atoms with E-state index >= 15 is 0 Å². The first-order valence-corrected chi connectivity index (χ1v) is 27.1. The summed E-state index contributed by atoms with van der Waals surface area (Å²) in [5, 5.41) is 7.41. The van der Waals surface area contributed by atoms with Crippen molar-refractivity contribution in [3.63, 3.8) is 0 Å². The summed E-state index contributed by atoms with van der Waals surface area (Å²) in [7, 11) is 0. The summed E-state index contributed by atoms with van der Waals surface area (Å²) >= 11 is 0. The number of fused-ring (bicyclic) bond motifs is 6. The number of aryl methyl sites for hydroxylation is 5. The first-order chi connectivity index (χ1) is 39.9. The molecule has 0 amide bonds. The van der Waals surface area contributed by atoms with Gasteiger partial charge in [0.15, 0.2) is 33.9 Å². The molecule has 82 heavy (non-hydrogen) atoms. The number of hydrogen-bond acceptors (Lipinski definition) is 9. The van der Waals surface area contributed by atoms with Crippen LogP contribution in [0.25, 0.3) is 106 Å². The molecular formula is C70H58N12. The Morgan fingerprint density at radius 3 is 1.26 bits per heavy atom. The van der Waals surface area contributed by atoms with Crippen molar-refractivity contribution in [2.45, 2.75) is 47.7 Å². The van der Waals surface area contributed by atoms with Crippen molar-refractivity contribution in [1.82, 2.24) is 58.6 Å². The Morgan fingerprint density at radius 2 is 0.707 bits per heavy atom. The molecule has 15 aromatic rings. The highest BCUT2D eigenvalue weighted by molar-refractivity contribution is 5.93. The fourth-order valence-corrected chi connectivity index (χ4v) is 10.6. The van der Waals surface area contributed by atoms with E-state index in [1.54, 1.807) is 37.2 Å². The van der Waals surface area contributed by atoms with Crippen molar-refractivity contribution in [3.8, 4) is 39.9 Å². The minimum absolute atomic E-state index is 0. The van der Waals surface area contributed by atoms with Gasteiger partial charge in [0.05, 0.1) is 12.2 Å². The van der Waals surface area contributed by atoms with Crippen molar-refractivity contribution in [1.29, 1.82) is 0 Å². The first kappa shape index (κ1) is 52.1. The Morgan fingerprint density at radius 1 is 0.329 bits per heavy atom. The van der Waals surface area contributed by atoms with Gasteiger partial charge in [-0.05, 0) is 71.3 Å². The Labute approximate surface area is 475 Å². The van der Waals surface area contributed by atoms with Crippen LogP contribution < -0.4 is 0 Å². The number of rotatable bonds is 9. The largest absolute Gasteiger partial charge is 0.307 e. The molecule has 0 saturated heterocycles. The van der Waals surface area contributed by atoms with Crippen LogP contribution in [0, 0.1) is 20.8 Å². The number of nitrogens with zero attached hydrogens (tertiary/aromatic N) is 12. The lowest BCUT2D eigenvalue weighted by atomic mass is 10.0. The standard InChI is InChI=1S/C24H20N4.C23H18N4.C22H16N4.CH4/c1-17-9-11-20(12-10-17)23-27-22-24(26-15-14-25-22)28(23)16-13-19-7-4-6-18-5-2-3-8-21(18)19;1-16-9-11-18(12-10-16)22-26-21-23(25-14-13-24-21)27(22)15-19-7-4-6-17-5-2-3-8-20(17)19;1-15-9-11-17(12-10-15)21-25-20-22(24-14-13-23-20)26(21)19-8-4-6-16-5-2-3-7-18(16)19;/h2-12,14-15H,13,16H2,1H3;2-14H,15H2,1H3;2-14H,1H3;1H4. The summed E-state index contributed by atoms with van der Waals surface area (Å²) < 4.78 is 6.46. The zero-order valence-corrected chi connectivity index (χ0v) is 45.0. The van der Waals surface area contributed by atoms with E-state index in [9.17, 15) is 0 Å². The molecule has 0 atom stereocenters. The summed E-state index contributed by atoms with van der Waals surface area (Å²) in [6, 6.07) is 69.9. The summed E-state index contributed by atoms with van der Waals surface area (Å²) in [5.74, 6) is 2.66. The molecule has 0 saturated carbocycles. The lowest BCUT2D eigenvalue weighted by molar-refractivity contribution is 0.719. The average Bonchev–Trinajstić information content (AvgIpc) is 4.23. The van der Waals surface area contributed by atoms with Crippen LogP contribution in [0.2, 0.25) is 0 Å². The van der Waals surface area contributed by atoms with E-state index in [-0.39, 0.29) is 7.43 Å². The van der Waals surface area contributed by atoms with E-state index in [0.29, 0.717) is 23.5 Å². The van der Waals surface area contributed by atoms with Crippen molar-refractivity contribution in [3.05, 3.63) is 265 Å². The fourth-order valence-electron chi connectivity index (χ4n) is 10.6. The van der Waals surface area contributed by atoms with Gasteiger partial charge in [-0.3, -0.25) is 4.57 Å². The minimum atomic E-state index is 0. The number of aromatic nitrogens is 12. The van der Waals surface area contributed by atoms with Crippen LogP contribution in [-0.2, 0) is 19.5 Å². The van der Waals surface area contributed by atoms with Gasteiger partial charge in [0.2, 0.25) is 0 Å². The molecule has 0 fully saturated rings. The van der Waals surface area contributed by atoms with Crippen molar-refractivity contribution in [2.24, 2.45) is 0 Å². The van der Waals surface area contributed by atoms with Gasteiger partial charge in [-0.2, -0.15) is 0 Å². The van der Waals surface area contributed by atoms with E-state index in [1.165, 1.54) is 54.7 Å². The maximum absolute atomic E-state index is 4.79. The van der Waals surface area contributed by atoms with Gasteiger partial charge in [0.25, 0.3) is 0 Å². The highest BCUT2D eigenvalue weighted by Crippen LogP contribution is 2.32. The third kappa shape index (κ3) is 10.4. The number of benzene rings is 9. The molecule has 12 nitrogen and oxygen atoms in total. The van der Waals surface area contributed by atoms with Crippen LogP contribution in [0.4, 0.5) is 0 Å². The smallest absolute Gasteiger partial charge is 0.198 e. The highest BCUT2D eigenvalue weighted by Gasteiger charge is 2.20. The first-order valence-electron chi connectivity index (χ1n) is 27.1. The highest BCUT2D eigenvalue weighted by atomic mass is 15.2. The van der Waals surface area contributed by atoms with Gasteiger partial charge in [-0.15, -0.1) is 0 Å². The van der Waals surface area contributed by atoms with Crippen LogP contribution >= 0.6 is 0 Å². The van der Waals surface area contributed by atoms with E-state index in [1.807, 2.05) is 0 Å². The lowest BCUT2D eigenvalue weighted by Gasteiger charge is -2.12. The van der Waals surface area contributed by atoms with Gasteiger partial charge in [-0.25, -0.2) is 44.9 Å². The maximum Gasteiger partial charge on any atom is 0.198 e. The van der Waals surface area contributed by atoms with Crippen LogP contribution in [0.15, 0.2) is 237 Å². The lowest BCUT2D eigenvalue weighted by Crippen LogP contribution is -2.05. The van der Waals surface area contributed by atoms with Gasteiger partial charge in [0, 0.05) is 65.8 Å². The van der Waals surface area contributed by atoms with Crippen molar-refractivity contribution >= 4 is 66.2 Å². The number of imidazole rings is 3. The van der Waals surface area contributed by atoms with Crippen LogP contribution in [0.1, 0.15) is 35.2 Å². The normalized spacial score (nSPS) is 11.2. The van der Waals surface area contributed by atoms with Gasteiger partial charge >= 0.3 is 0 Å². The topological polar surface area (TPSA) is 131 Å².